The molecule has 0 atom stereocenters. The largest absolute Gasteiger partial charge is 0.492 e. The molecule has 80 valence electrons. The number of ether oxygens (including phenoxy) is 1. The SMILES string of the molecule is CN(C)CCOc1cccc(CC#N)c1. The Hall–Kier alpha value is -1.53. The maximum absolute atomic E-state index is 8.56. The molecule has 0 aromatic heterocycles. The second-order valence-electron chi connectivity index (χ2n) is 3.63. The van der Waals surface area contributed by atoms with Gasteiger partial charge in [0, 0.05) is 6.54 Å². The van der Waals surface area contributed by atoms with Gasteiger partial charge in [-0.2, -0.15) is 5.26 Å². The summed E-state index contributed by atoms with van der Waals surface area (Å²) in [6, 6.07) is 9.80. The van der Waals surface area contributed by atoms with E-state index >= 15 is 0 Å². The summed E-state index contributed by atoms with van der Waals surface area (Å²) in [6.07, 6.45) is 0.435. The fourth-order valence-corrected chi connectivity index (χ4v) is 1.18. The van der Waals surface area contributed by atoms with Crippen LogP contribution in [0.5, 0.6) is 5.75 Å². The number of hydrogen-bond acceptors (Lipinski definition) is 3. The molecule has 0 aliphatic carbocycles. The molecule has 0 aliphatic heterocycles. The smallest absolute Gasteiger partial charge is 0.119 e. The zero-order valence-corrected chi connectivity index (χ0v) is 9.23. The van der Waals surface area contributed by atoms with Crippen LogP contribution in [0.4, 0.5) is 0 Å². The third kappa shape index (κ3) is 4.48. The highest BCUT2D eigenvalue weighted by molar-refractivity contribution is 5.29. The molecule has 0 saturated carbocycles. The highest BCUT2D eigenvalue weighted by Crippen LogP contribution is 2.13. The Balaban J connectivity index is 2.47. The molecule has 0 heterocycles. The van der Waals surface area contributed by atoms with E-state index in [1.807, 2.05) is 38.4 Å². The lowest BCUT2D eigenvalue weighted by Gasteiger charge is -2.11. The molecule has 15 heavy (non-hydrogen) atoms. The number of hydrogen-bond donors (Lipinski definition) is 0. The Morgan fingerprint density at radius 2 is 2.20 bits per heavy atom. The van der Waals surface area contributed by atoms with Crippen LogP contribution in [0.25, 0.3) is 0 Å². The van der Waals surface area contributed by atoms with E-state index < -0.39 is 0 Å². The zero-order chi connectivity index (χ0) is 11.1. The molecule has 0 amide bonds. The highest BCUT2D eigenvalue weighted by Gasteiger charge is 1.97. The Morgan fingerprint density at radius 3 is 2.87 bits per heavy atom. The molecule has 0 bridgehead atoms. The van der Waals surface area contributed by atoms with Gasteiger partial charge in [0.25, 0.3) is 0 Å². The van der Waals surface area contributed by atoms with E-state index in [1.54, 1.807) is 0 Å². The van der Waals surface area contributed by atoms with E-state index in [0.717, 1.165) is 17.9 Å². The van der Waals surface area contributed by atoms with Gasteiger partial charge >= 0.3 is 0 Å². The van der Waals surface area contributed by atoms with Crippen LogP contribution in [-0.2, 0) is 6.42 Å². The van der Waals surface area contributed by atoms with Crippen molar-refractivity contribution in [3.8, 4) is 11.8 Å². The first-order valence-corrected chi connectivity index (χ1v) is 4.96. The van der Waals surface area contributed by atoms with Gasteiger partial charge < -0.3 is 9.64 Å². The van der Waals surface area contributed by atoms with Crippen LogP contribution in [0.1, 0.15) is 5.56 Å². The first-order chi connectivity index (χ1) is 7.22. The first-order valence-electron chi connectivity index (χ1n) is 4.96. The van der Waals surface area contributed by atoms with Crippen molar-refractivity contribution in [3.05, 3.63) is 29.8 Å². The number of rotatable bonds is 5. The molecule has 0 unspecified atom stereocenters. The molecule has 0 N–H and O–H groups in total. The standard InChI is InChI=1S/C12H16N2O/c1-14(2)8-9-15-12-5-3-4-11(10-12)6-7-13/h3-5,10H,6,8-9H2,1-2H3. The molecule has 3 heteroatoms. The summed E-state index contributed by atoms with van der Waals surface area (Å²) in [5.41, 5.74) is 1.000. The van der Waals surface area contributed by atoms with E-state index in [-0.39, 0.29) is 0 Å². The van der Waals surface area contributed by atoms with Gasteiger partial charge in [0.2, 0.25) is 0 Å². The fraction of sp³-hybridized carbons (Fsp3) is 0.417. The van der Waals surface area contributed by atoms with Gasteiger partial charge in [0.15, 0.2) is 0 Å². The molecule has 0 fully saturated rings. The molecular weight excluding hydrogens is 188 g/mol. The van der Waals surface area contributed by atoms with Crippen molar-refractivity contribution in [2.75, 3.05) is 27.2 Å². The van der Waals surface area contributed by atoms with Crippen molar-refractivity contribution >= 4 is 0 Å². The van der Waals surface area contributed by atoms with Crippen molar-refractivity contribution in [3.63, 3.8) is 0 Å². The molecule has 3 nitrogen and oxygen atoms in total. The van der Waals surface area contributed by atoms with Gasteiger partial charge in [-0.3, -0.25) is 0 Å². The molecular formula is C12H16N2O. The fourth-order valence-electron chi connectivity index (χ4n) is 1.18. The Morgan fingerprint density at radius 1 is 1.40 bits per heavy atom. The predicted octanol–water partition coefficient (Wildman–Crippen LogP) is 1.69. The van der Waals surface area contributed by atoms with E-state index in [4.69, 9.17) is 10.00 Å². The van der Waals surface area contributed by atoms with Gasteiger partial charge in [0.1, 0.15) is 12.4 Å². The maximum Gasteiger partial charge on any atom is 0.119 e. The first kappa shape index (κ1) is 11.5. The monoisotopic (exact) mass is 204 g/mol. The molecule has 1 rings (SSSR count). The summed E-state index contributed by atoms with van der Waals surface area (Å²) >= 11 is 0. The number of likely N-dealkylation sites (N-methyl/N-ethyl adjacent to an activating group) is 1. The predicted molar refractivity (Wildman–Crippen MR) is 59.8 cm³/mol. The van der Waals surface area contributed by atoms with Crippen molar-refractivity contribution in [1.82, 2.24) is 4.90 Å². The summed E-state index contributed by atoms with van der Waals surface area (Å²) in [6.45, 7) is 1.56. The average molecular weight is 204 g/mol. The second-order valence-corrected chi connectivity index (χ2v) is 3.63. The van der Waals surface area contributed by atoms with E-state index in [9.17, 15) is 0 Å². The lowest BCUT2D eigenvalue weighted by molar-refractivity contribution is 0.261. The van der Waals surface area contributed by atoms with Gasteiger partial charge in [-0.05, 0) is 31.8 Å². The van der Waals surface area contributed by atoms with Crippen molar-refractivity contribution < 1.29 is 4.74 Å². The minimum Gasteiger partial charge on any atom is -0.492 e. The minimum absolute atomic E-state index is 0.435. The molecule has 0 aliphatic rings. The van der Waals surface area contributed by atoms with Crippen LogP contribution in [0.3, 0.4) is 0 Å². The topological polar surface area (TPSA) is 36.3 Å². The summed E-state index contributed by atoms with van der Waals surface area (Å²) < 4.78 is 5.55. The Bertz CT molecular complexity index is 342. The van der Waals surface area contributed by atoms with Gasteiger partial charge in [-0.1, -0.05) is 12.1 Å². The summed E-state index contributed by atoms with van der Waals surface area (Å²) in [7, 11) is 4.02. The van der Waals surface area contributed by atoms with Gasteiger partial charge in [-0.25, -0.2) is 0 Å². The lowest BCUT2D eigenvalue weighted by Crippen LogP contribution is -2.19. The van der Waals surface area contributed by atoms with Crippen LogP contribution in [0, 0.1) is 11.3 Å². The van der Waals surface area contributed by atoms with Gasteiger partial charge in [0.05, 0.1) is 12.5 Å². The number of nitrogens with zero attached hydrogens (tertiary/aromatic N) is 2. The quantitative estimate of drug-likeness (QED) is 0.732. The molecule has 0 saturated heterocycles. The molecule has 1 aromatic rings. The molecule has 0 radical (unpaired) electrons. The second kappa shape index (κ2) is 6.05. The summed E-state index contributed by atoms with van der Waals surface area (Å²) in [4.78, 5) is 2.07. The van der Waals surface area contributed by atoms with Crippen LogP contribution in [0.15, 0.2) is 24.3 Å². The Kier molecular flexibility index (Phi) is 4.65. The molecule has 0 spiro atoms. The maximum atomic E-state index is 8.56. The van der Waals surface area contributed by atoms with Crippen LogP contribution in [-0.4, -0.2) is 32.1 Å². The molecule has 1 aromatic carbocycles. The van der Waals surface area contributed by atoms with E-state index in [2.05, 4.69) is 11.0 Å². The van der Waals surface area contributed by atoms with E-state index in [1.165, 1.54) is 0 Å². The van der Waals surface area contributed by atoms with Crippen LogP contribution < -0.4 is 4.74 Å². The number of benzene rings is 1. The van der Waals surface area contributed by atoms with Crippen molar-refractivity contribution in [2.45, 2.75) is 6.42 Å². The summed E-state index contributed by atoms with van der Waals surface area (Å²) in [5.74, 6) is 0.838. The number of nitriles is 1. The van der Waals surface area contributed by atoms with Crippen LogP contribution in [0.2, 0.25) is 0 Å². The normalized spacial score (nSPS) is 10.0. The lowest BCUT2D eigenvalue weighted by atomic mass is 10.2. The Labute approximate surface area is 90.9 Å². The third-order valence-electron chi connectivity index (χ3n) is 1.99. The van der Waals surface area contributed by atoms with E-state index in [0.29, 0.717) is 13.0 Å². The van der Waals surface area contributed by atoms with Crippen LogP contribution >= 0.6 is 0 Å². The van der Waals surface area contributed by atoms with Crippen molar-refractivity contribution in [2.24, 2.45) is 0 Å². The van der Waals surface area contributed by atoms with Crippen molar-refractivity contribution in [1.29, 1.82) is 5.26 Å². The minimum atomic E-state index is 0.435. The highest BCUT2D eigenvalue weighted by atomic mass is 16.5. The third-order valence-corrected chi connectivity index (χ3v) is 1.99. The zero-order valence-electron chi connectivity index (χ0n) is 9.23. The average Bonchev–Trinajstić information content (AvgIpc) is 2.18. The van der Waals surface area contributed by atoms with Gasteiger partial charge in [-0.15, -0.1) is 0 Å². The summed E-state index contributed by atoms with van der Waals surface area (Å²) in [5, 5.41) is 8.56.